The number of hydrogen-bond donors (Lipinski definition) is 0. The summed E-state index contributed by atoms with van der Waals surface area (Å²) in [6.45, 7) is 3.94. The molecule has 0 bridgehead atoms. The van der Waals surface area contributed by atoms with Crippen LogP contribution in [0.4, 0.5) is 0 Å². The van der Waals surface area contributed by atoms with E-state index >= 15 is 0 Å². The van der Waals surface area contributed by atoms with Crippen LogP contribution in [0.5, 0.6) is 11.5 Å². The fourth-order valence-corrected chi connectivity index (χ4v) is 3.87. The summed E-state index contributed by atoms with van der Waals surface area (Å²) in [5, 5.41) is 1.29. The largest absolute Gasteiger partial charge is 0.496 e. The summed E-state index contributed by atoms with van der Waals surface area (Å²) in [4.78, 5) is 27.3. The third-order valence-electron chi connectivity index (χ3n) is 5.63. The summed E-state index contributed by atoms with van der Waals surface area (Å²) < 4.78 is 11.2. The molecule has 0 saturated carbocycles. The lowest BCUT2D eigenvalue weighted by molar-refractivity contribution is 0.103. The molecule has 4 aromatic carbocycles. The van der Waals surface area contributed by atoms with Gasteiger partial charge < -0.3 is 9.47 Å². The molecule has 0 unspecified atom stereocenters. The summed E-state index contributed by atoms with van der Waals surface area (Å²) in [6, 6.07) is 22.0. The van der Waals surface area contributed by atoms with Gasteiger partial charge in [0.25, 0.3) is 0 Å². The number of fused-ring (bicyclic) bond motifs is 1. The van der Waals surface area contributed by atoms with Gasteiger partial charge in [-0.3, -0.25) is 9.59 Å². The average molecular weight is 424 g/mol. The van der Waals surface area contributed by atoms with Gasteiger partial charge >= 0.3 is 0 Å². The molecule has 0 aliphatic rings. The molecule has 160 valence electrons. The van der Waals surface area contributed by atoms with Gasteiger partial charge in [-0.15, -0.1) is 0 Å². The number of methoxy groups -OCH3 is 2. The number of aryl methyl sites for hydroxylation is 2. The van der Waals surface area contributed by atoms with Gasteiger partial charge in [-0.05, 0) is 31.4 Å². The van der Waals surface area contributed by atoms with Gasteiger partial charge in [0.05, 0.1) is 25.3 Å². The maximum absolute atomic E-state index is 13.7. The van der Waals surface area contributed by atoms with Crippen LogP contribution in [0.1, 0.15) is 43.0 Å². The molecule has 4 nitrogen and oxygen atoms in total. The van der Waals surface area contributed by atoms with Gasteiger partial charge in [-0.2, -0.15) is 0 Å². The molecule has 4 rings (SSSR count). The minimum atomic E-state index is -0.210. The molecule has 0 atom stereocenters. The number of hydrogen-bond acceptors (Lipinski definition) is 4. The molecule has 0 aromatic heterocycles. The topological polar surface area (TPSA) is 52.6 Å². The molecule has 0 amide bonds. The van der Waals surface area contributed by atoms with Crippen molar-refractivity contribution in [2.75, 3.05) is 14.2 Å². The Morgan fingerprint density at radius 2 is 0.938 bits per heavy atom. The van der Waals surface area contributed by atoms with Gasteiger partial charge in [0.2, 0.25) is 0 Å². The Kier molecular flexibility index (Phi) is 5.78. The van der Waals surface area contributed by atoms with Crippen LogP contribution >= 0.6 is 0 Å². The lowest BCUT2D eigenvalue weighted by Crippen LogP contribution is -2.11. The maximum atomic E-state index is 13.7. The first kappa shape index (κ1) is 21.3. The van der Waals surface area contributed by atoms with E-state index in [2.05, 4.69) is 0 Å². The Morgan fingerprint density at radius 1 is 0.562 bits per heavy atom. The Hall–Kier alpha value is -3.92. The van der Waals surface area contributed by atoms with E-state index in [1.54, 1.807) is 36.4 Å². The zero-order chi connectivity index (χ0) is 22.8. The van der Waals surface area contributed by atoms with Crippen molar-refractivity contribution in [3.05, 3.63) is 106 Å². The van der Waals surface area contributed by atoms with Crippen LogP contribution in [0, 0.1) is 13.8 Å². The van der Waals surface area contributed by atoms with Crippen molar-refractivity contribution in [3.8, 4) is 11.5 Å². The fourth-order valence-electron chi connectivity index (χ4n) is 3.87. The number of ketones is 2. The van der Waals surface area contributed by atoms with Crippen molar-refractivity contribution in [2.45, 2.75) is 13.8 Å². The van der Waals surface area contributed by atoms with Crippen molar-refractivity contribution < 1.29 is 19.1 Å². The molecule has 4 heteroatoms. The Bertz CT molecular complexity index is 1220. The number of benzene rings is 4. The summed E-state index contributed by atoms with van der Waals surface area (Å²) in [7, 11) is 3.05. The van der Waals surface area contributed by atoms with Crippen molar-refractivity contribution in [1.29, 1.82) is 0 Å². The molecule has 0 aliphatic carbocycles. The molecular formula is C28H24O4. The first-order chi connectivity index (χ1) is 15.4. The SMILES string of the molecule is COc1ccc2ccc(OC)c(C(=O)c3ccc(C)cc3)c2c1C(=O)c1ccc(C)cc1. The molecule has 0 spiro atoms. The van der Waals surface area contributed by atoms with Crippen LogP contribution < -0.4 is 9.47 Å². The van der Waals surface area contributed by atoms with Crippen LogP contribution in [0.25, 0.3) is 10.8 Å². The van der Waals surface area contributed by atoms with E-state index in [-0.39, 0.29) is 11.6 Å². The summed E-state index contributed by atoms with van der Waals surface area (Å²) in [6.07, 6.45) is 0. The van der Waals surface area contributed by atoms with E-state index in [1.165, 1.54) is 14.2 Å². The molecule has 4 aromatic rings. The quantitative estimate of drug-likeness (QED) is 0.360. The van der Waals surface area contributed by atoms with Crippen molar-refractivity contribution in [3.63, 3.8) is 0 Å². The van der Waals surface area contributed by atoms with Crippen LogP contribution in [0.2, 0.25) is 0 Å². The standard InChI is InChI=1S/C28H24O4/c1-17-5-9-20(10-6-17)27(29)25-22(31-3)15-13-19-14-16-23(32-4)26(24(19)25)28(30)21-11-7-18(2)8-12-21/h5-16H,1-4H3. The van der Waals surface area contributed by atoms with Gasteiger partial charge in [0, 0.05) is 16.5 Å². The summed E-state index contributed by atoms with van der Waals surface area (Å²) >= 11 is 0. The van der Waals surface area contributed by atoms with Crippen LogP contribution in [0.15, 0.2) is 72.8 Å². The van der Waals surface area contributed by atoms with Gasteiger partial charge in [0.15, 0.2) is 11.6 Å². The van der Waals surface area contributed by atoms with E-state index in [1.807, 2.05) is 50.2 Å². The first-order valence-electron chi connectivity index (χ1n) is 10.3. The highest BCUT2D eigenvalue weighted by atomic mass is 16.5. The highest BCUT2D eigenvalue weighted by Gasteiger charge is 2.26. The van der Waals surface area contributed by atoms with E-state index in [9.17, 15) is 9.59 Å². The molecule has 32 heavy (non-hydrogen) atoms. The lowest BCUT2D eigenvalue weighted by atomic mass is 9.89. The number of carbonyl (C=O) groups is 2. The van der Waals surface area contributed by atoms with Gasteiger partial charge in [-0.25, -0.2) is 0 Å². The lowest BCUT2D eigenvalue weighted by Gasteiger charge is -2.17. The number of carbonyl (C=O) groups excluding carboxylic acids is 2. The van der Waals surface area contributed by atoms with E-state index < -0.39 is 0 Å². The minimum absolute atomic E-state index is 0.210. The van der Waals surface area contributed by atoms with Crippen LogP contribution in [-0.2, 0) is 0 Å². The minimum Gasteiger partial charge on any atom is -0.496 e. The number of ether oxygens (including phenoxy) is 2. The molecule has 0 saturated heterocycles. The number of rotatable bonds is 6. The van der Waals surface area contributed by atoms with Gasteiger partial charge in [0.1, 0.15) is 11.5 Å². The van der Waals surface area contributed by atoms with Crippen LogP contribution in [0.3, 0.4) is 0 Å². The van der Waals surface area contributed by atoms with E-state index in [0.717, 1.165) is 16.5 Å². The smallest absolute Gasteiger partial charge is 0.197 e. The van der Waals surface area contributed by atoms with Gasteiger partial charge in [-0.1, -0.05) is 71.8 Å². The Balaban J connectivity index is 2.04. The van der Waals surface area contributed by atoms with E-state index in [0.29, 0.717) is 39.1 Å². The fraction of sp³-hybridized carbons (Fsp3) is 0.143. The molecular weight excluding hydrogens is 400 g/mol. The molecule has 0 N–H and O–H groups in total. The summed E-state index contributed by atoms with van der Waals surface area (Å²) in [5.41, 5.74) is 3.87. The monoisotopic (exact) mass is 424 g/mol. The maximum Gasteiger partial charge on any atom is 0.197 e. The normalized spacial score (nSPS) is 10.8. The third-order valence-corrected chi connectivity index (χ3v) is 5.63. The second-order valence-electron chi connectivity index (χ2n) is 7.77. The third kappa shape index (κ3) is 3.76. The van der Waals surface area contributed by atoms with E-state index in [4.69, 9.17) is 9.47 Å². The van der Waals surface area contributed by atoms with Crippen molar-refractivity contribution >= 4 is 22.3 Å². The summed E-state index contributed by atoms with van der Waals surface area (Å²) in [5.74, 6) is 0.404. The molecule has 0 heterocycles. The molecule has 0 radical (unpaired) electrons. The highest BCUT2D eigenvalue weighted by molar-refractivity contribution is 6.26. The second-order valence-corrected chi connectivity index (χ2v) is 7.77. The Labute approximate surface area is 187 Å². The molecule has 0 fully saturated rings. The van der Waals surface area contributed by atoms with Crippen molar-refractivity contribution in [1.82, 2.24) is 0 Å². The first-order valence-corrected chi connectivity index (χ1v) is 10.3. The predicted molar refractivity (Wildman–Crippen MR) is 126 cm³/mol. The average Bonchev–Trinajstić information content (AvgIpc) is 2.82. The van der Waals surface area contributed by atoms with Crippen molar-refractivity contribution in [2.24, 2.45) is 0 Å². The molecule has 0 aliphatic heterocycles. The Morgan fingerprint density at radius 3 is 1.28 bits per heavy atom. The second kappa shape index (κ2) is 8.67. The zero-order valence-electron chi connectivity index (χ0n) is 18.6. The van der Waals surface area contributed by atoms with Crippen LogP contribution in [-0.4, -0.2) is 25.8 Å². The zero-order valence-corrected chi connectivity index (χ0v) is 18.6. The highest BCUT2D eigenvalue weighted by Crippen LogP contribution is 2.37. The predicted octanol–water partition coefficient (Wildman–Crippen LogP) is 5.94.